The van der Waals surface area contributed by atoms with E-state index in [2.05, 4.69) is 37.3 Å². The summed E-state index contributed by atoms with van der Waals surface area (Å²) < 4.78 is 0.794. The van der Waals surface area contributed by atoms with Crippen molar-refractivity contribution in [2.75, 3.05) is 16.8 Å². The SMILES string of the molecule is O=[N+]([O-])c1c(Nc2ccccc2Br)ncnc1N1CCCc2ccccc21. The Balaban J connectivity index is 1.81. The molecule has 0 radical (unpaired) electrons. The molecule has 1 N–H and O–H groups in total. The van der Waals surface area contributed by atoms with E-state index in [4.69, 9.17) is 0 Å². The number of nitrogens with one attached hydrogen (secondary N) is 1. The van der Waals surface area contributed by atoms with E-state index in [1.54, 1.807) is 0 Å². The number of nitrogens with zero attached hydrogens (tertiary/aromatic N) is 4. The molecule has 0 spiro atoms. The Kier molecular flexibility index (Phi) is 4.72. The summed E-state index contributed by atoms with van der Waals surface area (Å²) in [5.74, 6) is 0.469. The maximum atomic E-state index is 11.9. The van der Waals surface area contributed by atoms with Crippen molar-refractivity contribution in [2.24, 2.45) is 0 Å². The van der Waals surface area contributed by atoms with Crippen LogP contribution in [0.3, 0.4) is 0 Å². The second-order valence-electron chi connectivity index (χ2n) is 6.14. The van der Waals surface area contributed by atoms with Gasteiger partial charge in [-0.15, -0.1) is 0 Å². The molecule has 3 aromatic rings. The number of hydrogen-bond donors (Lipinski definition) is 1. The van der Waals surface area contributed by atoms with Crippen molar-refractivity contribution in [1.82, 2.24) is 9.97 Å². The summed E-state index contributed by atoms with van der Waals surface area (Å²) in [7, 11) is 0. The Morgan fingerprint density at radius 2 is 1.89 bits per heavy atom. The van der Waals surface area contributed by atoms with Crippen molar-refractivity contribution in [3.63, 3.8) is 0 Å². The first kappa shape index (κ1) is 17.4. The molecule has 0 bridgehead atoms. The third-order valence-electron chi connectivity index (χ3n) is 4.48. The van der Waals surface area contributed by atoms with Gasteiger partial charge in [-0.05, 0) is 52.5 Å². The zero-order valence-corrected chi connectivity index (χ0v) is 15.9. The van der Waals surface area contributed by atoms with Crippen molar-refractivity contribution in [3.05, 3.63) is 75.0 Å². The van der Waals surface area contributed by atoms with Gasteiger partial charge in [0.25, 0.3) is 0 Å². The standard InChI is InChI=1S/C19H16BrN5O2/c20-14-8-2-3-9-15(14)23-18-17(25(26)27)19(22-12-21-18)24-11-5-7-13-6-1-4-10-16(13)24/h1-4,6,8-10,12H,5,7,11H2,(H,21,22,23). The van der Waals surface area contributed by atoms with Crippen LogP contribution in [-0.2, 0) is 6.42 Å². The van der Waals surface area contributed by atoms with Gasteiger partial charge in [-0.2, -0.15) is 0 Å². The van der Waals surface area contributed by atoms with Crippen LogP contribution >= 0.6 is 15.9 Å². The second kappa shape index (κ2) is 7.32. The van der Waals surface area contributed by atoms with E-state index in [0.29, 0.717) is 18.1 Å². The van der Waals surface area contributed by atoms with Gasteiger partial charge in [-0.25, -0.2) is 9.97 Å². The van der Waals surface area contributed by atoms with E-state index in [1.165, 1.54) is 6.33 Å². The number of anilines is 4. The lowest BCUT2D eigenvalue weighted by atomic mass is 10.0. The molecule has 0 unspecified atom stereocenters. The summed E-state index contributed by atoms with van der Waals surface area (Å²) in [6, 6.07) is 15.3. The normalized spacial score (nSPS) is 13.1. The molecule has 0 atom stereocenters. The number of aryl methyl sites for hydroxylation is 1. The number of rotatable bonds is 4. The maximum absolute atomic E-state index is 11.9. The van der Waals surface area contributed by atoms with E-state index in [9.17, 15) is 10.1 Å². The number of para-hydroxylation sites is 2. The molecule has 0 saturated heterocycles. The zero-order chi connectivity index (χ0) is 18.8. The molecule has 136 valence electrons. The Labute approximate surface area is 164 Å². The lowest BCUT2D eigenvalue weighted by Crippen LogP contribution is -2.26. The third kappa shape index (κ3) is 3.35. The van der Waals surface area contributed by atoms with Crippen molar-refractivity contribution in [2.45, 2.75) is 12.8 Å². The molecule has 0 aliphatic carbocycles. The number of hydrogen-bond acceptors (Lipinski definition) is 6. The van der Waals surface area contributed by atoms with Gasteiger partial charge in [-0.3, -0.25) is 10.1 Å². The maximum Gasteiger partial charge on any atom is 0.354 e. The molecule has 1 aliphatic rings. The van der Waals surface area contributed by atoms with Gasteiger partial charge in [0.15, 0.2) is 0 Å². The molecule has 27 heavy (non-hydrogen) atoms. The summed E-state index contributed by atoms with van der Waals surface area (Å²) in [6.07, 6.45) is 3.22. The Hall–Kier alpha value is -3.00. The van der Waals surface area contributed by atoms with Crippen molar-refractivity contribution in [3.8, 4) is 0 Å². The molecule has 0 fully saturated rings. The van der Waals surface area contributed by atoms with Gasteiger partial charge < -0.3 is 10.2 Å². The Morgan fingerprint density at radius 1 is 1.11 bits per heavy atom. The van der Waals surface area contributed by atoms with Crippen LogP contribution in [0.2, 0.25) is 0 Å². The Morgan fingerprint density at radius 3 is 2.70 bits per heavy atom. The fourth-order valence-corrected chi connectivity index (χ4v) is 3.65. The molecule has 1 aromatic heterocycles. The third-order valence-corrected chi connectivity index (χ3v) is 5.17. The minimum absolute atomic E-state index is 0.134. The summed E-state index contributed by atoms with van der Waals surface area (Å²) in [6.45, 7) is 0.670. The first-order valence-corrected chi connectivity index (χ1v) is 9.31. The number of aromatic nitrogens is 2. The molecular formula is C19H16BrN5O2. The minimum atomic E-state index is -0.425. The van der Waals surface area contributed by atoms with Crippen LogP contribution in [0.4, 0.5) is 28.7 Å². The molecule has 1 aliphatic heterocycles. The summed E-state index contributed by atoms with van der Waals surface area (Å²) in [5, 5.41) is 15.0. The van der Waals surface area contributed by atoms with E-state index >= 15 is 0 Å². The highest BCUT2D eigenvalue weighted by atomic mass is 79.9. The monoisotopic (exact) mass is 425 g/mol. The van der Waals surface area contributed by atoms with Gasteiger partial charge in [0, 0.05) is 16.7 Å². The first-order chi connectivity index (χ1) is 13.1. The topological polar surface area (TPSA) is 84.2 Å². The van der Waals surface area contributed by atoms with Gasteiger partial charge >= 0.3 is 5.69 Å². The average Bonchev–Trinajstić information content (AvgIpc) is 2.69. The fourth-order valence-electron chi connectivity index (χ4n) is 3.27. The van der Waals surface area contributed by atoms with E-state index in [1.807, 2.05) is 47.4 Å². The largest absolute Gasteiger partial charge is 0.354 e. The molecule has 8 heteroatoms. The highest BCUT2D eigenvalue weighted by Crippen LogP contribution is 2.40. The quantitative estimate of drug-likeness (QED) is 0.468. The van der Waals surface area contributed by atoms with Crippen LogP contribution in [0, 0.1) is 10.1 Å². The number of fused-ring (bicyclic) bond motifs is 1. The van der Waals surface area contributed by atoms with Crippen LogP contribution in [0.1, 0.15) is 12.0 Å². The van der Waals surface area contributed by atoms with E-state index in [-0.39, 0.29) is 11.5 Å². The fraction of sp³-hybridized carbons (Fsp3) is 0.158. The van der Waals surface area contributed by atoms with Crippen LogP contribution in [0.15, 0.2) is 59.3 Å². The molecule has 4 rings (SSSR count). The van der Waals surface area contributed by atoms with E-state index < -0.39 is 4.92 Å². The summed E-state index contributed by atoms with van der Waals surface area (Å²) >= 11 is 3.45. The van der Waals surface area contributed by atoms with Crippen LogP contribution < -0.4 is 10.2 Å². The molecular weight excluding hydrogens is 410 g/mol. The average molecular weight is 426 g/mol. The molecule has 2 heterocycles. The lowest BCUT2D eigenvalue weighted by Gasteiger charge is -2.30. The smallest absolute Gasteiger partial charge is 0.333 e. The van der Waals surface area contributed by atoms with Crippen LogP contribution in [0.5, 0.6) is 0 Å². The number of nitro groups is 1. The molecule has 2 aromatic carbocycles. The van der Waals surface area contributed by atoms with Crippen LogP contribution in [0.25, 0.3) is 0 Å². The highest BCUT2D eigenvalue weighted by molar-refractivity contribution is 9.10. The summed E-state index contributed by atoms with van der Waals surface area (Å²) in [4.78, 5) is 21.8. The van der Waals surface area contributed by atoms with Gasteiger partial charge in [-0.1, -0.05) is 30.3 Å². The molecule has 0 amide bonds. The molecule has 7 nitrogen and oxygen atoms in total. The summed E-state index contributed by atoms with van der Waals surface area (Å²) in [5.41, 5.74) is 2.68. The van der Waals surface area contributed by atoms with E-state index in [0.717, 1.165) is 28.6 Å². The Bertz CT molecular complexity index is 1010. The zero-order valence-electron chi connectivity index (χ0n) is 14.3. The predicted molar refractivity (Wildman–Crippen MR) is 108 cm³/mol. The number of benzene rings is 2. The number of halogens is 1. The van der Waals surface area contributed by atoms with Crippen molar-refractivity contribution < 1.29 is 4.92 Å². The predicted octanol–water partition coefficient (Wildman–Crippen LogP) is 4.98. The first-order valence-electron chi connectivity index (χ1n) is 8.51. The molecule has 0 saturated carbocycles. The van der Waals surface area contributed by atoms with Gasteiger partial charge in [0.05, 0.1) is 10.6 Å². The van der Waals surface area contributed by atoms with Gasteiger partial charge in [0.2, 0.25) is 11.6 Å². The van der Waals surface area contributed by atoms with Gasteiger partial charge in [0.1, 0.15) is 6.33 Å². The van der Waals surface area contributed by atoms with Crippen LogP contribution in [-0.4, -0.2) is 21.4 Å². The van der Waals surface area contributed by atoms with Crippen molar-refractivity contribution >= 4 is 44.6 Å². The van der Waals surface area contributed by atoms with Crippen molar-refractivity contribution in [1.29, 1.82) is 0 Å². The highest BCUT2D eigenvalue weighted by Gasteiger charge is 2.30. The lowest BCUT2D eigenvalue weighted by molar-refractivity contribution is -0.383. The minimum Gasteiger partial charge on any atom is -0.333 e. The second-order valence-corrected chi connectivity index (χ2v) is 6.99.